The average molecular weight is 170 g/mol. The van der Waals surface area contributed by atoms with E-state index in [1.54, 1.807) is 12.1 Å². The van der Waals surface area contributed by atoms with Crippen LogP contribution in [-0.4, -0.2) is 11.3 Å². The van der Waals surface area contributed by atoms with Gasteiger partial charge in [-0.15, -0.1) is 0 Å². The second-order valence-electron chi connectivity index (χ2n) is 2.23. The first-order chi connectivity index (χ1) is 6.36. The predicted molar refractivity (Wildman–Crippen MR) is 46.7 cm³/mol. The molecule has 3 nitrogen and oxygen atoms in total. The van der Waals surface area contributed by atoms with Crippen molar-refractivity contribution in [2.45, 2.75) is 6.42 Å². The molecule has 0 atom stereocenters. The number of pyridine rings is 1. The zero-order chi connectivity index (χ0) is 9.52. The maximum Gasteiger partial charge on any atom is 0.168 e. The van der Waals surface area contributed by atoms with Gasteiger partial charge in [0.2, 0.25) is 0 Å². The van der Waals surface area contributed by atoms with E-state index in [0.29, 0.717) is 17.5 Å². The highest BCUT2D eigenvalue weighted by molar-refractivity contribution is 5.71. The van der Waals surface area contributed by atoms with Gasteiger partial charge in [-0.1, -0.05) is 11.8 Å². The van der Waals surface area contributed by atoms with Gasteiger partial charge in [-0.2, -0.15) is 5.26 Å². The molecule has 0 amide bonds. The molecular formula is C10H6N2O. The summed E-state index contributed by atoms with van der Waals surface area (Å²) in [5, 5.41) is 8.21. The molecule has 0 unspecified atom stereocenters. The van der Waals surface area contributed by atoms with Crippen molar-refractivity contribution in [3.05, 3.63) is 29.6 Å². The molecule has 13 heavy (non-hydrogen) atoms. The summed E-state index contributed by atoms with van der Waals surface area (Å²) in [6.45, 7) is 0. The monoisotopic (exact) mass is 170 g/mol. The van der Waals surface area contributed by atoms with E-state index in [1.165, 1.54) is 6.20 Å². The van der Waals surface area contributed by atoms with Crippen molar-refractivity contribution in [3.63, 3.8) is 0 Å². The van der Waals surface area contributed by atoms with E-state index < -0.39 is 0 Å². The topological polar surface area (TPSA) is 53.8 Å². The number of rotatable bonds is 1. The van der Waals surface area contributed by atoms with Gasteiger partial charge in [-0.05, 0) is 12.1 Å². The molecule has 0 radical (unpaired) electrons. The van der Waals surface area contributed by atoms with Crippen molar-refractivity contribution in [3.8, 4) is 17.9 Å². The van der Waals surface area contributed by atoms with E-state index >= 15 is 0 Å². The molecule has 1 aromatic rings. The summed E-state index contributed by atoms with van der Waals surface area (Å²) in [7, 11) is 0. The van der Waals surface area contributed by atoms with Gasteiger partial charge < -0.3 is 0 Å². The fourth-order valence-electron chi connectivity index (χ4n) is 0.735. The second kappa shape index (κ2) is 4.69. The Morgan fingerprint density at radius 1 is 1.54 bits per heavy atom. The normalized spacial score (nSPS) is 7.92. The number of nitrogens with zero attached hydrogens (tertiary/aromatic N) is 2. The Labute approximate surface area is 76.0 Å². The van der Waals surface area contributed by atoms with Crippen LogP contribution in [0.3, 0.4) is 0 Å². The number of hydrogen-bond acceptors (Lipinski definition) is 3. The van der Waals surface area contributed by atoms with Crippen LogP contribution >= 0.6 is 0 Å². The summed E-state index contributed by atoms with van der Waals surface area (Å²) in [5.74, 6) is 5.40. The Bertz CT molecular complexity index is 390. The molecule has 1 rings (SSSR count). The Kier molecular flexibility index (Phi) is 3.23. The minimum Gasteiger partial charge on any atom is -0.296 e. The largest absolute Gasteiger partial charge is 0.296 e. The van der Waals surface area contributed by atoms with Crippen LogP contribution in [0.5, 0.6) is 0 Å². The summed E-state index contributed by atoms with van der Waals surface area (Å²) >= 11 is 0. The van der Waals surface area contributed by atoms with Crippen LogP contribution in [0.2, 0.25) is 0 Å². The summed E-state index contributed by atoms with van der Waals surface area (Å²) in [4.78, 5) is 14.1. The predicted octanol–water partition coefficient (Wildman–Crippen LogP) is 1.16. The van der Waals surface area contributed by atoms with E-state index in [0.717, 1.165) is 0 Å². The third-order valence-electron chi connectivity index (χ3n) is 1.31. The van der Waals surface area contributed by atoms with Gasteiger partial charge in [0.25, 0.3) is 0 Å². The number of nitriles is 1. The minimum absolute atomic E-state index is 0.204. The molecule has 0 bridgehead atoms. The van der Waals surface area contributed by atoms with E-state index in [-0.39, 0.29) is 6.42 Å². The number of aldehydes is 1. The molecule has 0 fully saturated rings. The molecule has 0 aromatic carbocycles. The van der Waals surface area contributed by atoms with Crippen LogP contribution < -0.4 is 0 Å². The van der Waals surface area contributed by atoms with E-state index in [4.69, 9.17) is 5.26 Å². The fourth-order valence-corrected chi connectivity index (χ4v) is 0.735. The Morgan fingerprint density at radius 2 is 2.38 bits per heavy atom. The Morgan fingerprint density at radius 3 is 2.92 bits per heavy atom. The lowest BCUT2D eigenvalue weighted by Crippen LogP contribution is -1.85. The van der Waals surface area contributed by atoms with Gasteiger partial charge in [0.1, 0.15) is 5.69 Å². The molecule has 1 aromatic heterocycles. The van der Waals surface area contributed by atoms with Crippen LogP contribution in [-0.2, 0) is 0 Å². The molecule has 0 N–H and O–H groups in total. The first-order valence-corrected chi connectivity index (χ1v) is 3.64. The zero-order valence-corrected chi connectivity index (χ0v) is 6.82. The van der Waals surface area contributed by atoms with Crippen LogP contribution in [0.15, 0.2) is 18.3 Å². The van der Waals surface area contributed by atoms with E-state index in [9.17, 15) is 4.79 Å². The summed E-state index contributed by atoms with van der Waals surface area (Å²) in [6.07, 6.45) is 2.38. The van der Waals surface area contributed by atoms with Crippen LogP contribution in [0.4, 0.5) is 0 Å². The number of aromatic nitrogens is 1. The van der Waals surface area contributed by atoms with Gasteiger partial charge in [-0.25, -0.2) is 0 Å². The lowest BCUT2D eigenvalue weighted by atomic mass is 10.2. The van der Waals surface area contributed by atoms with Crippen LogP contribution in [0, 0.1) is 23.2 Å². The van der Waals surface area contributed by atoms with Crippen LogP contribution in [0.1, 0.15) is 22.5 Å². The van der Waals surface area contributed by atoms with E-state index in [1.807, 2.05) is 6.07 Å². The van der Waals surface area contributed by atoms with Crippen LogP contribution in [0.25, 0.3) is 0 Å². The molecule has 0 aliphatic rings. The number of carbonyl (C=O) groups is 1. The third-order valence-corrected chi connectivity index (χ3v) is 1.31. The molecule has 3 heteroatoms. The highest BCUT2D eigenvalue weighted by Crippen LogP contribution is 1.95. The zero-order valence-electron chi connectivity index (χ0n) is 6.82. The molecule has 0 saturated heterocycles. The SMILES string of the molecule is N#CCC#Cc1ccc(C=O)nc1. The molecule has 0 aliphatic heterocycles. The average Bonchev–Trinajstić information content (AvgIpc) is 2.19. The lowest BCUT2D eigenvalue weighted by Gasteiger charge is -1.89. The number of carbonyl (C=O) groups excluding carboxylic acids is 1. The highest BCUT2D eigenvalue weighted by atomic mass is 16.1. The highest BCUT2D eigenvalue weighted by Gasteiger charge is 1.89. The number of hydrogen-bond donors (Lipinski definition) is 0. The summed E-state index contributed by atoms with van der Waals surface area (Å²) in [5.41, 5.74) is 1.09. The molecule has 0 saturated carbocycles. The second-order valence-corrected chi connectivity index (χ2v) is 2.23. The standard InChI is InChI=1S/C10H6N2O/c11-6-2-1-3-9-4-5-10(8-13)12-7-9/h4-5,7-8H,2H2. The van der Waals surface area contributed by atoms with Gasteiger partial charge in [0.05, 0.1) is 12.5 Å². The first kappa shape index (κ1) is 8.96. The van der Waals surface area contributed by atoms with Crippen molar-refractivity contribution in [2.24, 2.45) is 0 Å². The first-order valence-electron chi connectivity index (χ1n) is 3.64. The van der Waals surface area contributed by atoms with Gasteiger partial charge >= 0.3 is 0 Å². The lowest BCUT2D eigenvalue weighted by molar-refractivity contribution is 0.111. The third kappa shape index (κ3) is 2.76. The smallest absolute Gasteiger partial charge is 0.168 e. The van der Waals surface area contributed by atoms with Crippen molar-refractivity contribution >= 4 is 6.29 Å². The van der Waals surface area contributed by atoms with Crippen molar-refractivity contribution in [1.29, 1.82) is 5.26 Å². The molecule has 0 aliphatic carbocycles. The minimum atomic E-state index is 0.204. The molecule has 1 heterocycles. The fraction of sp³-hybridized carbons (Fsp3) is 0.100. The molecular weight excluding hydrogens is 164 g/mol. The summed E-state index contributed by atoms with van der Waals surface area (Å²) < 4.78 is 0. The van der Waals surface area contributed by atoms with Crippen molar-refractivity contribution in [2.75, 3.05) is 0 Å². The summed E-state index contributed by atoms with van der Waals surface area (Å²) in [6, 6.07) is 5.19. The molecule has 62 valence electrons. The maximum atomic E-state index is 10.2. The van der Waals surface area contributed by atoms with Crippen molar-refractivity contribution in [1.82, 2.24) is 4.98 Å². The van der Waals surface area contributed by atoms with Gasteiger partial charge in [0, 0.05) is 11.8 Å². The van der Waals surface area contributed by atoms with E-state index in [2.05, 4.69) is 16.8 Å². The van der Waals surface area contributed by atoms with Crippen molar-refractivity contribution < 1.29 is 4.79 Å². The Hall–Kier alpha value is -2.13. The molecule has 0 spiro atoms. The van der Waals surface area contributed by atoms with Gasteiger partial charge in [-0.3, -0.25) is 9.78 Å². The quantitative estimate of drug-likeness (QED) is 0.469. The Balaban J connectivity index is 2.78. The maximum absolute atomic E-state index is 10.2. The van der Waals surface area contributed by atoms with Gasteiger partial charge in [0.15, 0.2) is 6.29 Å².